The lowest BCUT2D eigenvalue weighted by molar-refractivity contribution is 0.235. The quantitative estimate of drug-likeness (QED) is 0.893. The van der Waals surface area contributed by atoms with E-state index in [0.29, 0.717) is 11.5 Å². The van der Waals surface area contributed by atoms with E-state index in [1.807, 2.05) is 12.3 Å². The third kappa shape index (κ3) is 2.14. The minimum atomic E-state index is 0.362. The van der Waals surface area contributed by atoms with Gasteiger partial charge in [-0.05, 0) is 36.9 Å². The molecule has 0 radical (unpaired) electrons. The molecule has 2 aromatic rings. The van der Waals surface area contributed by atoms with Crippen LogP contribution >= 0.6 is 0 Å². The number of para-hydroxylation sites is 1. The maximum Gasteiger partial charge on any atom is 0.0749 e. The Hall–Kier alpha value is -1.41. The molecule has 1 aliphatic rings. The SMILES string of the molecule is CNC(c1cccc2cccnc12)C1(C)CCCC1. The van der Waals surface area contributed by atoms with Gasteiger partial charge < -0.3 is 5.32 Å². The summed E-state index contributed by atoms with van der Waals surface area (Å²) < 4.78 is 0. The fourth-order valence-electron chi connectivity index (χ4n) is 3.71. The molecule has 0 saturated heterocycles. The van der Waals surface area contributed by atoms with Crippen molar-refractivity contribution in [3.8, 4) is 0 Å². The van der Waals surface area contributed by atoms with Crippen LogP contribution in [-0.4, -0.2) is 12.0 Å². The number of rotatable bonds is 3. The number of hydrogen-bond donors (Lipinski definition) is 1. The van der Waals surface area contributed by atoms with Crippen LogP contribution in [0.1, 0.15) is 44.2 Å². The molecule has 0 spiro atoms. The van der Waals surface area contributed by atoms with Gasteiger partial charge in [0.05, 0.1) is 5.52 Å². The Morgan fingerprint density at radius 2 is 1.89 bits per heavy atom. The molecule has 0 aliphatic heterocycles. The molecule has 100 valence electrons. The maximum atomic E-state index is 4.61. The molecule has 1 fully saturated rings. The van der Waals surface area contributed by atoms with Crippen molar-refractivity contribution in [2.75, 3.05) is 7.05 Å². The van der Waals surface area contributed by atoms with E-state index in [2.05, 4.69) is 48.5 Å². The van der Waals surface area contributed by atoms with Crippen LogP contribution in [0.15, 0.2) is 36.5 Å². The third-order valence-electron chi connectivity index (χ3n) is 4.71. The summed E-state index contributed by atoms with van der Waals surface area (Å²) in [5.41, 5.74) is 2.86. The normalized spacial score (nSPS) is 19.7. The lowest BCUT2D eigenvalue weighted by atomic mass is 9.77. The van der Waals surface area contributed by atoms with E-state index in [0.717, 1.165) is 5.52 Å². The number of pyridine rings is 1. The molecule has 0 bridgehead atoms. The summed E-state index contributed by atoms with van der Waals surface area (Å²) in [6.45, 7) is 2.42. The van der Waals surface area contributed by atoms with Crippen molar-refractivity contribution in [2.45, 2.75) is 38.6 Å². The molecule has 1 N–H and O–H groups in total. The number of nitrogens with zero attached hydrogens (tertiary/aromatic N) is 1. The summed E-state index contributed by atoms with van der Waals surface area (Å²) in [7, 11) is 2.08. The van der Waals surface area contributed by atoms with Gasteiger partial charge in [-0.15, -0.1) is 0 Å². The van der Waals surface area contributed by atoms with Gasteiger partial charge in [0.15, 0.2) is 0 Å². The first-order chi connectivity index (χ1) is 9.24. The number of aromatic nitrogens is 1. The zero-order chi connectivity index (χ0) is 13.3. The summed E-state index contributed by atoms with van der Waals surface area (Å²) >= 11 is 0. The predicted octanol–water partition coefficient (Wildman–Crippen LogP) is 4.08. The number of benzene rings is 1. The Kier molecular flexibility index (Phi) is 3.28. The molecule has 1 heterocycles. The zero-order valence-electron chi connectivity index (χ0n) is 11.8. The van der Waals surface area contributed by atoms with Crippen LogP contribution in [0, 0.1) is 5.41 Å². The van der Waals surface area contributed by atoms with Crippen LogP contribution in [0.5, 0.6) is 0 Å². The molecule has 19 heavy (non-hydrogen) atoms. The van der Waals surface area contributed by atoms with Crippen LogP contribution in [0.3, 0.4) is 0 Å². The first-order valence-corrected chi connectivity index (χ1v) is 7.25. The monoisotopic (exact) mass is 254 g/mol. The highest BCUT2D eigenvalue weighted by Gasteiger charge is 2.37. The standard InChI is InChI=1S/C17H22N2/c1-17(10-3-4-11-17)16(18-2)14-9-5-7-13-8-6-12-19-15(13)14/h5-9,12,16,18H,3-4,10-11H2,1-2H3. The van der Waals surface area contributed by atoms with E-state index in [4.69, 9.17) is 0 Å². The lowest BCUT2D eigenvalue weighted by Gasteiger charge is -2.34. The van der Waals surface area contributed by atoms with Gasteiger partial charge in [0.1, 0.15) is 0 Å². The maximum absolute atomic E-state index is 4.61. The van der Waals surface area contributed by atoms with Gasteiger partial charge in [-0.3, -0.25) is 4.98 Å². The molecule has 1 unspecified atom stereocenters. The third-order valence-corrected chi connectivity index (χ3v) is 4.71. The number of nitrogens with one attached hydrogen (secondary N) is 1. The van der Waals surface area contributed by atoms with Crippen LogP contribution in [0.2, 0.25) is 0 Å². The lowest BCUT2D eigenvalue weighted by Crippen LogP contribution is -2.32. The van der Waals surface area contributed by atoms with Crippen molar-refractivity contribution in [3.05, 3.63) is 42.1 Å². The highest BCUT2D eigenvalue weighted by atomic mass is 14.9. The summed E-state index contributed by atoms with van der Waals surface area (Å²) in [6.07, 6.45) is 7.22. The first kappa shape index (κ1) is 12.6. The largest absolute Gasteiger partial charge is 0.312 e. The Morgan fingerprint density at radius 1 is 1.16 bits per heavy atom. The molecule has 1 atom stereocenters. The molecule has 1 aromatic carbocycles. The second-order valence-electron chi connectivity index (χ2n) is 6.01. The minimum Gasteiger partial charge on any atom is -0.312 e. The van der Waals surface area contributed by atoms with E-state index in [1.54, 1.807) is 0 Å². The molecule has 1 saturated carbocycles. The van der Waals surface area contributed by atoms with E-state index in [1.165, 1.54) is 36.6 Å². The molecule has 1 aromatic heterocycles. The van der Waals surface area contributed by atoms with Gasteiger partial charge in [0.25, 0.3) is 0 Å². The van der Waals surface area contributed by atoms with Gasteiger partial charge in [-0.1, -0.05) is 44.0 Å². The summed E-state index contributed by atoms with van der Waals surface area (Å²) in [5, 5.41) is 4.79. The average molecular weight is 254 g/mol. The topological polar surface area (TPSA) is 24.9 Å². The van der Waals surface area contributed by atoms with E-state index in [-0.39, 0.29) is 0 Å². The zero-order valence-corrected chi connectivity index (χ0v) is 11.8. The fourth-order valence-corrected chi connectivity index (χ4v) is 3.71. The van der Waals surface area contributed by atoms with Crippen molar-refractivity contribution in [3.63, 3.8) is 0 Å². The molecule has 2 nitrogen and oxygen atoms in total. The van der Waals surface area contributed by atoms with Crippen LogP contribution in [-0.2, 0) is 0 Å². The van der Waals surface area contributed by atoms with Crippen LogP contribution in [0.25, 0.3) is 10.9 Å². The van der Waals surface area contributed by atoms with Gasteiger partial charge in [-0.25, -0.2) is 0 Å². The van der Waals surface area contributed by atoms with Gasteiger partial charge in [0.2, 0.25) is 0 Å². The summed E-state index contributed by atoms with van der Waals surface area (Å²) in [6, 6.07) is 11.1. The molecule has 3 rings (SSSR count). The minimum absolute atomic E-state index is 0.362. The number of fused-ring (bicyclic) bond motifs is 1. The molecular weight excluding hydrogens is 232 g/mol. The van der Waals surface area contributed by atoms with Crippen molar-refractivity contribution < 1.29 is 0 Å². The van der Waals surface area contributed by atoms with E-state index >= 15 is 0 Å². The van der Waals surface area contributed by atoms with Crippen molar-refractivity contribution >= 4 is 10.9 Å². The van der Waals surface area contributed by atoms with Gasteiger partial charge in [0, 0.05) is 17.6 Å². The smallest absolute Gasteiger partial charge is 0.0749 e. The predicted molar refractivity (Wildman–Crippen MR) is 80.1 cm³/mol. The van der Waals surface area contributed by atoms with E-state index < -0.39 is 0 Å². The van der Waals surface area contributed by atoms with Gasteiger partial charge >= 0.3 is 0 Å². The first-order valence-electron chi connectivity index (χ1n) is 7.25. The molecule has 2 heteroatoms. The molecular formula is C17H22N2. The molecule has 0 amide bonds. The highest BCUT2D eigenvalue weighted by molar-refractivity contribution is 5.82. The van der Waals surface area contributed by atoms with Crippen LogP contribution < -0.4 is 5.32 Å². The Balaban J connectivity index is 2.11. The van der Waals surface area contributed by atoms with Crippen molar-refractivity contribution in [1.29, 1.82) is 0 Å². The number of hydrogen-bond acceptors (Lipinski definition) is 2. The van der Waals surface area contributed by atoms with Gasteiger partial charge in [-0.2, -0.15) is 0 Å². The Bertz CT molecular complexity index is 565. The molecule has 1 aliphatic carbocycles. The average Bonchev–Trinajstić information content (AvgIpc) is 2.87. The second kappa shape index (κ2) is 4.93. The summed E-state index contributed by atoms with van der Waals surface area (Å²) in [5.74, 6) is 0. The van der Waals surface area contributed by atoms with Crippen LogP contribution in [0.4, 0.5) is 0 Å². The Labute approximate surface area is 115 Å². The van der Waals surface area contributed by atoms with Crippen molar-refractivity contribution in [2.24, 2.45) is 5.41 Å². The van der Waals surface area contributed by atoms with Crippen molar-refractivity contribution in [1.82, 2.24) is 10.3 Å². The fraction of sp³-hybridized carbons (Fsp3) is 0.471. The van der Waals surface area contributed by atoms with E-state index in [9.17, 15) is 0 Å². The highest BCUT2D eigenvalue weighted by Crippen LogP contribution is 2.47. The summed E-state index contributed by atoms with van der Waals surface area (Å²) in [4.78, 5) is 4.61. The second-order valence-corrected chi connectivity index (χ2v) is 6.01. The Morgan fingerprint density at radius 3 is 2.63 bits per heavy atom.